The molecule has 19 heavy (non-hydrogen) atoms. The topological polar surface area (TPSA) is 56.7 Å². The minimum Gasteiger partial charge on any atom is -0.323 e. The minimum atomic E-state index is -0.645. The third kappa shape index (κ3) is 2.63. The van der Waals surface area contributed by atoms with Gasteiger partial charge in [-0.3, -0.25) is 0 Å². The van der Waals surface area contributed by atoms with Gasteiger partial charge < -0.3 is 5.73 Å². The lowest BCUT2D eigenvalue weighted by molar-refractivity contribution is 0.578. The number of rotatable bonds is 4. The van der Waals surface area contributed by atoms with Gasteiger partial charge in [0.15, 0.2) is 0 Å². The summed E-state index contributed by atoms with van der Waals surface area (Å²) in [6.07, 6.45) is 1.36. The van der Waals surface area contributed by atoms with Gasteiger partial charge in [0.25, 0.3) is 0 Å². The molecule has 1 unspecified atom stereocenters. The number of benzene rings is 1. The molecule has 102 valence electrons. The highest BCUT2D eigenvalue weighted by atomic mass is 19.1. The first-order valence-electron chi connectivity index (χ1n) is 6.23. The largest absolute Gasteiger partial charge is 0.323 e. The molecule has 0 saturated heterocycles. The van der Waals surface area contributed by atoms with Crippen molar-refractivity contribution in [2.75, 3.05) is 0 Å². The van der Waals surface area contributed by atoms with Crippen LogP contribution in [0.2, 0.25) is 0 Å². The Bertz CT molecular complexity index is 560. The SMILES string of the molecule is CCc1c(C(N)CC)nnn1-c1cc(F)cc(F)c1. The van der Waals surface area contributed by atoms with Crippen LogP contribution in [0.15, 0.2) is 18.2 Å². The monoisotopic (exact) mass is 266 g/mol. The van der Waals surface area contributed by atoms with Gasteiger partial charge in [0.2, 0.25) is 0 Å². The normalized spacial score (nSPS) is 12.7. The molecule has 0 saturated carbocycles. The van der Waals surface area contributed by atoms with Gasteiger partial charge in [0, 0.05) is 6.07 Å². The highest BCUT2D eigenvalue weighted by Crippen LogP contribution is 2.21. The highest BCUT2D eigenvalue weighted by molar-refractivity contribution is 5.35. The fraction of sp³-hybridized carbons (Fsp3) is 0.385. The summed E-state index contributed by atoms with van der Waals surface area (Å²) in [6.45, 7) is 3.88. The molecule has 4 nitrogen and oxygen atoms in total. The standard InChI is InChI=1S/C13H16F2N4/c1-3-11(16)13-12(4-2)19(18-17-13)10-6-8(14)5-9(15)7-10/h5-7,11H,3-4,16H2,1-2H3. The molecule has 0 aliphatic heterocycles. The van der Waals surface area contributed by atoms with E-state index in [2.05, 4.69) is 10.3 Å². The number of hydrogen-bond acceptors (Lipinski definition) is 3. The van der Waals surface area contributed by atoms with Gasteiger partial charge in [-0.25, -0.2) is 13.5 Å². The third-order valence-electron chi connectivity index (χ3n) is 3.01. The first-order valence-corrected chi connectivity index (χ1v) is 6.23. The van der Waals surface area contributed by atoms with Crippen molar-refractivity contribution in [1.29, 1.82) is 0 Å². The molecular formula is C13H16F2N4. The maximum atomic E-state index is 13.3. The molecule has 0 spiro atoms. The second-order valence-corrected chi connectivity index (χ2v) is 4.33. The van der Waals surface area contributed by atoms with E-state index in [0.717, 1.165) is 18.2 Å². The molecule has 2 aromatic rings. The Morgan fingerprint density at radius 3 is 2.37 bits per heavy atom. The van der Waals surface area contributed by atoms with Crippen LogP contribution >= 0.6 is 0 Å². The molecule has 1 atom stereocenters. The van der Waals surface area contributed by atoms with Crippen molar-refractivity contribution in [3.63, 3.8) is 0 Å². The van der Waals surface area contributed by atoms with Crippen LogP contribution in [0.1, 0.15) is 37.7 Å². The molecule has 1 heterocycles. The zero-order valence-corrected chi connectivity index (χ0v) is 10.9. The van der Waals surface area contributed by atoms with Gasteiger partial charge in [0.05, 0.1) is 17.4 Å². The smallest absolute Gasteiger partial charge is 0.128 e. The van der Waals surface area contributed by atoms with Crippen molar-refractivity contribution in [2.45, 2.75) is 32.7 Å². The summed E-state index contributed by atoms with van der Waals surface area (Å²) in [5, 5.41) is 8.00. The van der Waals surface area contributed by atoms with Gasteiger partial charge in [-0.05, 0) is 25.0 Å². The Balaban J connectivity index is 2.53. The summed E-state index contributed by atoms with van der Waals surface area (Å²) < 4.78 is 28.0. The molecule has 1 aromatic carbocycles. The Hall–Kier alpha value is -1.82. The van der Waals surface area contributed by atoms with E-state index in [-0.39, 0.29) is 6.04 Å². The molecule has 0 fully saturated rings. The first kappa shape index (κ1) is 13.6. The fourth-order valence-electron chi connectivity index (χ4n) is 1.99. The zero-order chi connectivity index (χ0) is 14.0. The van der Waals surface area contributed by atoms with E-state index in [1.54, 1.807) is 0 Å². The molecule has 2 rings (SSSR count). The summed E-state index contributed by atoms with van der Waals surface area (Å²) in [7, 11) is 0. The maximum Gasteiger partial charge on any atom is 0.128 e. The Morgan fingerprint density at radius 1 is 1.21 bits per heavy atom. The molecule has 0 amide bonds. The van der Waals surface area contributed by atoms with Gasteiger partial charge in [-0.2, -0.15) is 0 Å². The second-order valence-electron chi connectivity index (χ2n) is 4.33. The number of aromatic nitrogens is 3. The molecular weight excluding hydrogens is 250 g/mol. The molecule has 0 radical (unpaired) electrons. The van der Waals surface area contributed by atoms with E-state index in [1.165, 1.54) is 16.8 Å². The van der Waals surface area contributed by atoms with Gasteiger partial charge in [-0.15, -0.1) is 5.10 Å². The highest BCUT2D eigenvalue weighted by Gasteiger charge is 2.18. The Morgan fingerprint density at radius 2 is 1.84 bits per heavy atom. The molecule has 0 aliphatic rings. The number of nitrogens with two attached hydrogens (primary N) is 1. The summed E-state index contributed by atoms with van der Waals surface area (Å²) in [5.74, 6) is -1.29. The average Bonchev–Trinajstić information content (AvgIpc) is 2.80. The van der Waals surface area contributed by atoms with Crippen molar-refractivity contribution in [3.05, 3.63) is 41.2 Å². The minimum absolute atomic E-state index is 0.220. The summed E-state index contributed by atoms with van der Waals surface area (Å²) in [6, 6.07) is 3.04. The van der Waals surface area contributed by atoms with Gasteiger partial charge >= 0.3 is 0 Å². The number of hydrogen-bond donors (Lipinski definition) is 1. The van der Waals surface area contributed by atoms with Crippen LogP contribution in [0.5, 0.6) is 0 Å². The zero-order valence-electron chi connectivity index (χ0n) is 10.9. The van der Waals surface area contributed by atoms with Crippen LogP contribution < -0.4 is 5.73 Å². The lowest BCUT2D eigenvalue weighted by atomic mass is 10.1. The molecule has 0 aliphatic carbocycles. The van der Waals surface area contributed by atoms with Crippen LogP contribution in [0.25, 0.3) is 5.69 Å². The van der Waals surface area contributed by atoms with Crippen molar-refractivity contribution >= 4 is 0 Å². The number of nitrogens with zero attached hydrogens (tertiary/aromatic N) is 3. The van der Waals surface area contributed by atoms with E-state index in [1.807, 2.05) is 13.8 Å². The molecule has 1 aromatic heterocycles. The van der Waals surface area contributed by atoms with E-state index in [4.69, 9.17) is 5.73 Å². The fourth-order valence-corrected chi connectivity index (χ4v) is 1.99. The first-order chi connectivity index (χ1) is 9.06. The maximum absolute atomic E-state index is 13.3. The van der Waals surface area contributed by atoms with Crippen LogP contribution in [0.4, 0.5) is 8.78 Å². The predicted octanol–water partition coefficient (Wildman–Crippen LogP) is 2.52. The van der Waals surface area contributed by atoms with Crippen LogP contribution in [-0.2, 0) is 6.42 Å². The van der Waals surface area contributed by atoms with Gasteiger partial charge in [0.1, 0.15) is 17.3 Å². The van der Waals surface area contributed by atoms with E-state index < -0.39 is 11.6 Å². The van der Waals surface area contributed by atoms with Crippen molar-refractivity contribution in [2.24, 2.45) is 5.73 Å². The van der Waals surface area contributed by atoms with Crippen molar-refractivity contribution in [3.8, 4) is 5.69 Å². The Labute approximate surface area is 110 Å². The van der Waals surface area contributed by atoms with Crippen LogP contribution in [0.3, 0.4) is 0 Å². The van der Waals surface area contributed by atoms with Gasteiger partial charge in [-0.1, -0.05) is 19.1 Å². The molecule has 2 N–H and O–H groups in total. The lowest BCUT2D eigenvalue weighted by Crippen LogP contribution is -2.12. The second kappa shape index (κ2) is 5.44. The summed E-state index contributed by atoms with van der Waals surface area (Å²) in [5.41, 5.74) is 7.73. The van der Waals surface area contributed by atoms with E-state index >= 15 is 0 Å². The molecule has 6 heteroatoms. The quantitative estimate of drug-likeness (QED) is 0.925. The van der Waals surface area contributed by atoms with E-state index in [0.29, 0.717) is 17.8 Å². The van der Waals surface area contributed by atoms with Crippen molar-refractivity contribution < 1.29 is 8.78 Å². The third-order valence-corrected chi connectivity index (χ3v) is 3.01. The summed E-state index contributed by atoms with van der Waals surface area (Å²) in [4.78, 5) is 0. The van der Waals surface area contributed by atoms with Crippen molar-refractivity contribution in [1.82, 2.24) is 15.0 Å². The van der Waals surface area contributed by atoms with Crippen LogP contribution in [-0.4, -0.2) is 15.0 Å². The lowest BCUT2D eigenvalue weighted by Gasteiger charge is -2.09. The predicted molar refractivity (Wildman–Crippen MR) is 67.9 cm³/mol. The van der Waals surface area contributed by atoms with Crippen LogP contribution in [0, 0.1) is 11.6 Å². The summed E-state index contributed by atoms with van der Waals surface area (Å²) >= 11 is 0. The Kier molecular flexibility index (Phi) is 3.90. The van der Waals surface area contributed by atoms with E-state index in [9.17, 15) is 8.78 Å². The molecule has 0 bridgehead atoms. The average molecular weight is 266 g/mol. The number of halogens is 2.